The zero-order valence-corrected chi connectivity index (χ0v) is 15.7. The fourth-order valence-electron chi connectivity index (χ4n) is 2.21. The Bertz CT molecular complexity index is 741. The maximum absolute atomic E-state index is 12.1. The molecule has 0 heterocycles. The highest BCUT2D eigenvalue weighted by molar-refractivity contribution is 7.97. The van der Waals surface area contributed by atoms with Crippen LogP contribution in [-0.2, 0) is 10.2 Å². The highest BCUT2D eigenvalue weighted by Gasteiger charge is 2.16. The molecular formula is C19H23N3O2S. The summed E-state index contributed by atoms with van der Waals surface area (Å²) in [6.45, 7) is 6.32. The molecule has 5 nitrogen and oxygen atoms in total. The number of carbonyl (C=O) groups is 1. The topological polar surface area (TPSA) is 74.5 Å². The quantitative estimate of drug-likeness (QED) is 0.624. The average Bonchev–Trinajstić information content (AvgIpc) is 2.56. The van der Waals surface area contributed by atoms with Crippen LogP contribution in [0.4, 0.5) is 0 Å². The fourth-order valence-corrected chi connectivity index (χ4v) is 2.55. The number of hydrogen-bond acceptors (Lipinski definition) is 5. The summed E-state index contributed by atoms with van der Waals surface area (Å²) < 4.78 is 9.67. The third-order valence-corrected chi connectivity index (χ3v) is 3.98. The summed E-state index contributed by atoms with van der Waals surface area (Å²) in [5, 5.41) is 10.8. The van der Waals surface area contributed by atoms with Gasteiger partial charge in [0.15, 0.2) is 6.61 Å². The monoisotopic (exact) mass is 357 g/mol. The Labute approximate surface area is 152 Å². The molecule has 0 saturated carbocycles. The van der Waals surface area contributed by atoms with Crippen LogP contribution < -0.4 is 10.1 Å². The Balaban J connectivity index is 1.91. The normalized spacial score (nSPS) is 15.9. The van der Waals surface area contributed by atoms with Crippen LogP contribution in [0.3, 0.4) is 0 Å². The molecule has 25 heavy (non-hydrogen) atoms. The Morgan fingerprint density at radius 1 is 1.28 bits per heavy atom. The van der Waals surface area contributed by atoms with Crippen molar-refractivity contribution in [3.8, 4) is 5.75 Å². The molecule has 1 aliphatic rings. The minimum absolute atomic E-state index is 0.0767. The molecule has 2 rings (SSSR count). The van der Waals surface area contributed by atoms with Gasteiger partial charge in [0, 0.05) is 6.26 Å². The van der Waals surface area contributed by atoms with E-state index in [4.69, 9.17) is 10.1 Å². The highest BCUT2D eigenvalue weighted by Crippen LogP contribution is 2.24. The Hall–Kier alpha value is -2.34. The van der Waals surface area contributed by atoms with Gasteiger partial charge >= 0.3 is 0 Å². The SMILES string of the molecule is CS/N=C1/C=CC=C(NC(=O)COc2ccc(C(C)(C)C)cc2)C1=N. The molecule has 0 aromatic heterocycles. The van der Waals surface area contributed by atoms with Gasteiger partial charge in [-0.25, -0.2) is 4.40 Å². The first-order valence-electron chi connectivity index (χ1n) is 7.93. The van der Waals surface area contributed by atoms with E-state index in [2.05, 4.69) is 30.5 Å². The number of hydrogen-bond donors (Lipinski definition) is 2. The van der Waals surface area contributed by atoms with Gasteiger partial charge in [0.25, 0.3) is 5.91 Å². The third-order valence-electron chi connectivity index (χ3n) is 3.60. The first-order valence-corrected chi connectivity index (χ1v) is 9.11. The molecular weight excluding hydrogens is 334 g/mol. The Morgan fingerprint density at radius 3 is 2.56 bits per heavy atom. The van der Waals surface area contributed by atoms with E-state index in [1.165, 1.54) is 17.5 Å². The molecule has 2 N–H and O–H groups in total. The highest BCUT2D eigenvalue weighted by atomic mass is 32.2. The molecule has 0 aliphatic heterocycles. The van der Waals surface area contributed by atoms with E-state index in [0.29, 0.717) is 17.2 Å². The Kier molecular flexibility index (Phi) is 6.20. The van der Waals surface area contributed by atoms with Crippen molar-refractivity contribution >= 4 is 29.3 Å². The lowest BCUT2D eigenvalue weighted by Gasteiger charge is -2.19. The lowest BCUT2D eigenvalue weighted by molar-refractivity contribution is -0.122. The molecule has 1 aliphatic carbocycles. The maximum Gasteiger partial charge on any atom is 0.262 e. The zero-order valence-electron chi connectivity index (χ0n) is 14.9. The Morgan fingerprint density at radius 2 is 1.96 bits per heavy atom. The summed E-state index contributed by atoms with van der Waals surface area (Å²) in [7, 11) is 0. The molecule has 0 unspecified atom stereocenters. The van der Waals surface area contributed by atoms with E-state index in [9.17, 15) is 4.79 Å². The van der Waals surface area contributed by atoms with Crippen molar-refractivity contribution in [1.29, 1.82) is 5.41 Å². The van der Waals surface area contributed by atoms with Gasteiger partial charge in [-0.2, -0.15) is 0 Å². The molecule has 132 valence electrons. The second-order valence-electron chi connectivity index (χ2n) is 6.58. The van der Waals surface area contributed by atoms with Crippen LogP contribution in [0.2, 0.25) is 0 Å². The van der Waals surface area contributed by atoms with E-state index in [1.807, 2.05) is 30.5 Å². The molecule has 1 amide bonds. The van der Waals surface area contributed by atoms with Gasteiger partial charge in [0.2, 0.25) is 0 Å². The molecule has 6 heteroatoms. The number of ether oxygens (including phenoxy) is 1. The second kappa shape index (κ2) is 8.16. The van der Waals surface area contributed by atoms with Crippen molar-refractivity contribution in [2.24, 2.45) is 4.40 Å². The molecule has 0 fully saturated rings. The van der Waals surface area contributed by atoms with Gasteiger partial charge in [-0.3, -0.25) is 10.2 Å². The van der Waals surface area contributed by atoms with Gasteiger partial charge in [0.1, 0.15) is 11.5 Å². The predicted octanol–water partition coefficient (Wildman–Crippen LogP) is 3.67. The second-order valence-corrected chi connectivity index (χ2v) is 7.13. The van der Waals surface area contributed by atoms with Crippen molar-refractivity contribution < 1.29 is 9.53 Å². The van der Waals surface area contributed by atoms with Crippen LogP contribution in [0.5, 0.6) is 5.75 Å². The maximum atomic E-state index is 12.1. The van der Waals surface area contributed by atoms with E-state index >= 15 is 0 Å². The van der Waals surface area contributed by atoms with Crippen LogP contribution in [0.15, 0.2) is 52.6 Å². The lowest BCUT2D eigenvalue weighted by Crippen LogP contribution is -2.34. The summed E-state index contributed by atoms with van der Waals surface area (Å²) in [5.41, 5.74) is 2.43. The van der Waals surface area contributed by atoms with Gasteiger partial charge in [-0.1, -0.05) is 39.0 Å². The zero-order chi connectivity index (χ0) is 18.4. The summed E-state index contributed by atoms with van der Waals surface area (Å²) in [6.07, 6.45) is 7.00. The summed E-state index contributed by atoms with van der Waals surface area (Å²) in [6, 6.07) is 7.73. The standard InChI is InChI=1S/C19H23N3O2S/c1-19(2,3)13-8-10-14(11-9-13)24-12-17(23)21-15-6-5-7-16(18(15)20)22-25-4/h5-11,20H,12H2,1-4H3,(H,21,23)/b20-18?,22-16-. The predicted molar refractivity (Wildman–Crippen MR) is 105 cm³/mol. The van der Waals surface area contributed by atoms with E-state index < -0.39 is 0 Å². The number of allylic oxidation sites excluding steroid dienone is 4. The smallest absolute Gasteiger partial charge is 0.262 e. The lowest BCUT2D eigenvalue weighted by atomic mass is 9.87. The van der Waals surface area contributed by atoms with Crippen LogP contribution in [0.1, 0.15) is 26.3 Å². The molecule has 1 aromatic rings. The van der Waals surface area contributed by atoms with E-state index in [1.54, 1.807) is 18.2 Å². The van der Waals surface area contributed by atoms with Crippen molar-refractivity contribution in [3.05, 3.63) is 53.8 Å². The summed E-state index contributed by atoms with van der Waals surface area (Å²) >= 11 is 1.27. The minimum Gasteiger partial charge on any atom is -0.484 e. The molecule has 0 saturated heterocycles. The number of amides is 1. The van der Waals surface area contributed by atoms with Gasteiger partial charge in [-0.15, -0.1) is 0 Å². The summed E-state index contributed by atoms with van der Waals surface area (Å²) in [4.78, 5) is 12.1. The summed E-state index contributed by atoms with van der Waals surface area (Å²) in [5.74, 6) is 0.329. The molecule has 0 spiro atoms. The van der Waals surface area contributed by atoms with Gasteiger partial charge in [0.05, 0.1) is 11.4 Å². The molecule has 1 aromatic carbocycles. The minimum atomic E-state index is -0.310. The van der Waals surface area contributed by atoms with Crippen molar-refractivity contribution in [3.63, 3.8) is 0 Å². The van der Waals surface area contributed by atoms with Crippen LogP contribution in [0, 0.1) is 5.41 Å². The van der Waals surface area contributed by atoms with Crippen molar-refractivity contribution in [2.45, 2.75) is 26.2 Å². The number of nitrogens with zero attached hydrogens (tertiary/aromatic N) is 1. The molecule has 0 atom stereocenters. The average molecular weight is 357 g/mol. The van der Waals surface area contributed by atoms with Crippen LogP contribution in [-0.4, -0.2) is 30.2 Å². The number of carbonyl (C=O) groups excluding carboxylic acids is 1. The van der Waals surface area contributed by atoms with Gasteiger partial charge in [-0.05, 0) is 47.2 Å². The first-order chi connectivity index (χ1) is 11.8. The molecule has 0 radical (unpaired) electrons. The third kappa shape index (κ3) is 5.32. The van der Waals surface area contributed by atoms with Crippen LogP contribution in [0.25, 0.3) is 0 Å². The van der Waals surface area contributed by atoms with Crippen LogP contribution >= 0.6 is 11.9 Å². The first kappa shape index (κ1) is 19.0. The fraction of sp³-hybridized carbons (Fsp3) is 0.316. The molecule has 0 bridgehead atoms. The van der Waals surface area contributed by atoms with E-state index in [-0.39, 0.29) is 23.6 Å². The van der Waals surface area contributed by atoms with Crippen molar-refractivity contribution in [1.82, 2.24) is 5.32 Å². The van der Waals surface area contributed by atoms with Crippen molar-refractivity contribution in [2.75, 3.05) is 12.9 Å². The number of benzene rings is 1. The van der Waals surface area contributed by atoms with E-state index in [0.717, 1.165) is 0 Å². The number of nitrogens with one attached hydrogen (secondary N) is 2. The largest absolute Gasteiger partial charge is 0.484 e. The number of rotatable bonds is 5. The van der Waals surface area contributed by atoms with Gasteiger partial charge < -0.3 is 10.1 Å².